The summed E-state index contributed by atoms with van der Waals surface area (Å²) in [6.07, 6.45) is 0.349. The molecule has 0 radical (unpaired) electrons. The van der Waals surface area contributed by atoms with E-state index in [1.54, 1.807) is 7.11 Å². The van der Waals surface area contributed by atoms with Crippen LogP contribution in [0.5, 0.6) is 0 Å². The van der Waals surface area contributed by atoms with E-state index in [1.807, 2.05) is 0 Å². The number of fused-ring (bicyclic) bond motifs is 1. The molecule has 0 amide bonds. The normalized spacial score (nSPS) is 37.1. The molecule has 0 aliphatic carbocycles. The molecule has 2 fully saturated rings. The number of hydrogen-bond acceptors (Lipinski definition) is 3. The zero-order chi connectivity index (χ0) is 10.1. The molecule has 2 saturated heterocycles. The predicted octanol–water partition coefficient (Wildman–Crippen LogP) is 0.561. The number of nitrogens with zero attached hydrogens (tertiary/aromatic N) is 1. The summed E-state index contributed by atoms with van der Waals surface area (Å²) < 4.78 is 5.39. The van der Waals surface area contributed by atoms with Crippen LogP contribution in [0.15, 0.2) is 0 Å². The van der Waals surface area contributed by atoms with Crippen LogP contribution in [0.4, 0.5) is 0 Å². The number of hydrogen-bond donors (Lipinski definition) is 1. The van der Waals surface area contributed by atoms with Crippen molar-refractivity contribution in [1.29, 1.82) is 0 Å². The van der Waals surface area contributed by atoms with E-state index in [2.05, 4.69) is 24.1 Å². The van der Waals surface area contributed by atoms with Gasteiger partial charge in [0.05, 0.1) is 6.10 Å². The van der Waals surface area contributed by atoms with Crippen LogP contribution in [0.1, 0.15) is 13.8 Å². The van der Waals surface area contributed by atoms with Gasteiger partial charge >= 0.3 is 0 Å². The van der Waals surface area contributed by atoms with Crippen LogP contribution in [0.2, 0.25) is 0 Å². The Bertz CT molecular complexity index is 186. The number of rotatable bonds is 3. The molecule has 2 heterocycles. The smallest absolute Gasteiger partial charge is 0.0695 e. The quantitative estimate of drug-likeness (QED) is 0.717. The Morgan fingerprint density at radius 3 is 2.29 bits per heavy atom. The average molecular weight is 198 g/mol. The third kappa shape index (κ3) is 1.81. The molecule has 4 unspecified atom stereocenters. The monoisotopic (exact) mass is 198 g/mol. The summed E-state index contributed by atoms with van der Waals surface area (Å²) in [4.78, 5) is 2.59. The summed E-state index contributed by atoms with van der Waals surface area (Å²) in [7, 11) is 1.81. The van der Waals surface area contributed by atoms with Crippen molar-refractivity contribution in [1.82, 2.24) is 10.2 Å². The van der Waals surface area contributed by atoms with Gasteiger partial charge in [0.1, 0.15) is 0 Å². The highest BCUT2D eigenvalue weighted by molar-refractivity contribution is 4.93. The van der Waals surface area contributed by atoms with Gasteiger partial charge in [-0.05, 0) is 38.8 Å². The molecular formula is C11H22N2O. The third-order valence-corrected chi connectivity index (χ3v) is 4.04. The maximum absolute atomic E-state index is 5.39. The van der Waals surface area contributed by atoms with Crippen molar-refractivity contribution in [3.8, 4) is 0 Å². The summed E-state index contributed by atoms with van der Waals surface area (Å²) >= 11 is 0. The average Bonchev–Trinajstić information content (AvgIpc) is 2.74. The first-order valence-corrected chi connectivity index (χ1v) is 5.70. The fraction of sp³-hybridized carbons (Fsp3) is 1.00. The van der Waals surface area contributed by atoms with Crippen molar-refractivity contribution >= 4 is 0 Å². The summed E-state index contributed by atoms with van der Waals surface area (Å²) in [5, 5.41) is 3.47. The van der Waals surface area contributed by atoms with Crippen LogP contribution in [0, 0.1) is 11.8 Å². The largest absolute Gasteiger partial charge is 0.380 e. The van der Waals surface area contributed by atoms with E-state index in [0.717, 1.165) is 11.8 Å². The van der Waals surface area contributed by atoms with Crippen molar-refractivity contribution < 1.29 is 4.74 Å². The molecule has 14 heavy (non-hydrogen) atoms. The topological polar surface area (TPSA) is 24.5 Å². The number of ether oxygens (including phenoxy) is 1. The summed E-state index contributed by atoms with van der Waals surface area (Å²) in [6.45, 7) is 9.39. The fourth-order valence-electron chi connectivity index (χ4n) is 2.72. The van der Waals surface area contributed by atoms with Gasteiger partial charge in [0.25, 0.3) is 0 Å². The van der Waals surface area contributed by atoms with E-state index >= 15 is 0 Å². The molecule has 1 N–H and O–H groups in total. The molecular weight excluding hydrogens is 176 g/mol. The number of nitrogens with one attached hydrogen (secondary N) is 1. The van der Waals surface area contributed by atoms with Crippen LogP contribution in [0.25, 0.3) is 0 Å². The predicted molar refractivity (Wildman–Crippen MR) is 57.4 cm³/mol. The van der Waals surface area contributed by atoms with Crippen LogP contribution in [-0.4, -0.2) is 50.3 Å². The van der Waals surface area contributed by atoms with E-state index in [1.165, 1.54) is 26.2 Å². The SMILES string of the molecule is COC(C)C(C)N1CC2CNCC2C1. The molecule has 4 atom stereocenters. The molecule has 0 spiro atoms. The van der Waals surface area contributed by atoms with Gasteiger partial charge in [-0.3, -0.25) is 4.90 Å². The Morgan fingerprint density at radius 1 is 1.21 bits per heavy atom. The van der Waals surface area contributed by atoms with E-state index in [4.69, 9.17) is 4.74 Å². The standard InChI is InChI=1S/C11H22N2O/c1-8(9(2)14-3)13-6-10-4-12-5-11(10)7-13/h8-12H,4-7H2,1-3H3. The van der Waals surface area contributed by atoms with Gasteiger partial charge in [0.15, 0.2) is 0 Å². The summed E-state index contributed by atoms with van der Waals surface area (Å²) in [6, 6.07) is 0.561. The van der Waals surface area contributed by atoms with Crippen molar-refractivity contribution in [2.75, 3.05) is 33.3 Å². The second-order valence-corrected chi connectivity index (χ2v) is 4.81. The van der Waals surface area contributed by atoms with Gasteiger partial charge in [0, 0.05) is 26.2 Å². The zero-order valence-electron chi connectivity index (χ0n) is 9.49. The van der Waals surface area contributed by atoms with Gasteiger partial charge in [-0.15, -0.1) is 0 Å². The molecule has 82 valence electrons. The maximum atomic E-state index is 5.39. The first kappa shape index (κ1) is 10.4. The van der Waals surface area contributed by atoms with E-state index in [-0.39, 0.29) is 0 Å². The van der Waals surface area contributed by atoms with E-state index in [0.29, 0.717) is 12.1 Å². The molecule has 2 aliphatic heterocycles. The van der Waals surface area contributed by atoms with Gasteiger partial charge in [0.2, 0.25) is 0 Å². The van der Waals surface area contributed by atoms with E-state index in [9.17, 15) is 0 Å². The first-order valence-electron chi connectivity index (χ1n) is 5.70. The number of methoxy groups -OCH3 is 1. The van der Waals surface area contributed by atoms with Crippen LogP contribution >= 0.6 is 0 Å². The van der Waals surface area contributed by atoms with Crippen LogP contribution in [-0.2, 0) is 4.74 Å². The molecule has 0 aromatic carbocycles. The minimum atomic E-state index is 0.349. The Morgan fingerprint density at radius 2 is 1.79 bits per heavy atom. The molecule has 2 aliphatic rings. The Hall–Kier alpha value is -0.120. The lowest BCUT2D eigenvalue weighted by Crippen LogP contribution is -2.41. The summed E-state index contributed by atoms with van der Waals surface area (Å²) in [5.74, 6) is 1.78. The molecule has 3 heteroatoms. The van der Waals surface area contributed by atoms with Crippen LogP contribution < -0.4 is 5.32 Å². The fourth-order valence-corrected chi connectivity index (χ4v) is 2.72. The van der Waals surface area contributed by atoms with E-state index < -0.39 is 0 Å². The van der Waals surface area contributed by atoms with Crippen molar-refractivity contribution in [2.24, 2.45) is 11.8 Å². The molecule has 2 rings (SSSR count). The Kier molecular flexibility index (Phi) is 3.10. The van der Waals surface area contributed by atoms with Gasteiger partial charge in [-0.1, -0.05) is 0 Å². The lowest BCUT2D eigenvalue weighted by atomic mass is 10.0. The minimum Gasteiger partial charge on any atom is -0.380 e. The first-order chi connectivity index (χ1) is 6.72. The highest BCUT2D eigenvalue weighted by Crippen LogP contribution is 2.28. The molecule has 3 nitrogen and oxygen atoms in total. The molecule has 0 bridgehead atoms. The van der Waals surface area contributed by atoms with Crippen molar-refractivity contribution in [3.05, 3.63) is 0 Å². The zero-order valence-corrected chi connectivity index (χ0v) is 9.49. The summed E-state index contributed by atoms with van der Waals surface area (Å²) in [5.41, 5.74) is 0. The minimum absolute atomic E-state index is 0.349. The van der Waals surface area contributed by atoms with Gasteiger partial charge in [-0.25, -0.2) is 0 Å². The highest BCUT2D eigenvalue weighted by Gasteiger charge is 2.38. The number of likely N-dealkylation sites (tertiary alicyclic amines) is 1. The molecule has 0 saturated carbocycles. The maximum Gasteiger partial charge on any atom is 0.0695 e. The van der Waals surface area contributed by atoms with Crippen molar-refractivity contribution in [3.63, 3.8) is 0 Å². The Labute approximate surface area is 86.8 Å². The molecule has 0 aromatic rings. The second-order valence-electron chi connectivity index (χ2n) is 4.81. The highest BCUT2D eigenvalue weighted by atomic mass is 16.5. The van der Waals surface area contributed by atoms with Gasteiger partial charge < -0.3 is 10.1 Å². The second kappa shape index (κ2) is 4.17. The third-order valence-electron chi connectivity index (χ3n) is 4.04. The van der Waals surface area contributed by atoms with Crippen molar-refractivity contribution in [2.45, 2.75) is 26.0 Å². The molecule has 0 aromatic heterocycles. The lowest BCUT2D eigenvalue weighted by molar-refractivity contribution is 0.0402. The van der Waals surface area contributed by atoms with Crippen LogP contribution in [0.3, 0.4) is 0 Å². The van der Waals surface area contributed by atoms with Gasteiger partial charge in [-0.2, -0.15) is 0 Å². The lowest BCUT2D eigenvalue weighted by Gasteiger charge is -2.29. The Balaban J connectivity index is 1.89.